The Morgan fingerprint density at radius 1 is 1.16 bits per heavy atom. The summed E-state index contributed by atoms with van der Waals surface area (Å²) in [5.41, 5.74) is 0. The standard InChI is InChI=1S/C12H14BrN5S/c1-9-15-10(13)8-11(16-9)17-3-5-18(6-4-17)12-14-2-7-19-12/h2,7-8H,3-6H2,1H3. The molecule has 0 atom stereocenters. The van der Waals surface area contributed by atoms with Gasteiger partial charge in [0.05, 0.1) is 0 Å². The maximum atomic E-state index is 4.50. The van der Waals surface area contributed by atoms with E-state index in [0.717, 1.165) is 47.6 Å². The lowest BCUT2D eigenvalue weighted by molar-refractivity contribution is 0.644. The van der Waals surface area contributed by atoms with Gasteiger partial charge in [-0.25, -0.2) is 15.0 Å². The molecule has 1 aliphatic heterocycles. The van der Waals surface area contributed by atoms with Crippen LogP contribution >= 0.6 is 27.3 Å². The summed E-state index contributed by atoms with van der Waals surface area (Å²) in [6, 6.07) is 1.98. The first-order valence-electron chi connectivity index (χ1n) is 6.13. The Morgan fingerprint density at radius 3 is 2.53 bits per heavy atom. The fourth-order valence-electron chi connectivity index (χ4n) is 2.18. The summed E-state index contributed by atoms with van der Waals surface area (Å²) < 4.78 is 0.845. The molecule has 7 heteroatoms. The lowest BCUT2D eigenvalue weighted by atomic mass is 10.3. The molecule has 5 nitrogen and oxygen atoms in total. The fraction of sp³-hybridized carbons (Fsp3) is 0.417. The normalized spacial score (nSPS) is 15.9. The largest absolute Gasteiger partial charge is 0.353 e. The summed E-state index contributed by atoms with van der Waals surface area (Å²) in [6.07, 6.45) is 1.86. The lowest BCUT2D eigenvalue weighted by Crippen LogP contribution is -2.46. The van der Waals surface area contributed by atoms with E-state index >= 15 is 0 Å². The average Bonchev–Trinajstić information content (AvgIpc) is 2.91. The van der Waals surface area contributed by atoms with Crippen LogP contribution in [0.15, 0.2) is 22.2 Å². The predicted molar refractivity (Wildman–Crippen MR) is 81.0 cm³/mol. The van der Waals surface area contributed by atoms with Crippen molar-refractivity contribution >= 4 is 38.2 Å². The molecule has 3 heterocycles. The molecule has 0 spiro atoms. The monoisotopic (exact) mass is 339 g/mol. The zero-order valence-corrected chi connectivity index (χ0v) is 13.0. The number of aromatic nitrogens is 3. The van der Waals surface area contributed by atoms with Gasteiger partial charge in [-0.15, -0.1) is 11.3 Å². The third-order valence-electron chi connectivity index (χ3n) is 3.09. The van der Waals surface area contributed by atoms with Crippen LogP contribution in [0.1, 0.15) is 5.82 Å². The fourth-order valence-corrected chi connectivity index (χ4v) is 3.34. The zero-order chi connectivity index (χ0) is 13.2. The van der Waals surface area contributed by atoms with Gasteiger partial charge in [0.15, 0.2) is 5.13 Å². The Morgan fingerprint density at radius 2 is 1.89 bits per heavy atom. The van der Waals surface area contributed by atoms with Crippen molar-refractivity contribution in [2.45, 2.75) is 6.92 Å². The lowest BCUT2D eigenvalue weighted by Gasteiger charge is -2.35. The molecule has 0 saturated carbocycles. The number of hydrogen-bond acceptors (Lipinski definition) is 6. The minimum absolute atomic E-state index is 0.798. The second kappa shape index (κ2) is 5.42. The van der Waals surface area contributed by atoms with Crippen LogP contribution in [-0.4, -0.2) is 41.1 Å². The van der Waals surface area contributed by atoms with Gasteiger partial charge in [-0.1, -0.05) is 0 Å². The molecule has 0 radical (unpaired) electrons. The number of thiazole rings is 1. The van der Waals surface area contributed by atoms with Crippen molar-refractivity contribution in [3.05, 3.63) is 28.1 Å². The molecule has 100 valence electrons. The van der Waals surface area contributed by atoms with Gasteiger partial charge < -0.3 is 9.80 Å². The van der Waals surface area contributed by atoms with Crippen LogP contribution in [-0.2, 0) is 0 Å². The van der Waals surface area contributed by atoms with Gasteiger partial charge in [-0.05, 0) is 22.9 Å². The third-order valence-corrected chi connectivity index (χ3v) is 4.33. The van der Waals surface area contributed by atoms with Crippen molar-refractivity contribution in [3.8, 4) is 0 Å². The Balaban J connectivity index is 1.70. The highest BCUT2D eigenvalue weighted by atomic mass is 79.9. The first-order chi connectivity index (χ1) is 9.22. The number of nitrogens with zero attached hydrogens (tertiary/aromatic N) is 5. The van der Waals surface area contributed by atoms with Crippen LogP contribution in [0.5, 0.6) is 0 Å². The van der Waals surface area contributed by atoms with Crippen molar-refractivity contribution in [1.29, 1.82) is 0 Å². The summed E-state index contributed by atoms with van der Waals surface area (Å²) in [4.78, 5) is 17.7. The van der Waals surface area contributed by atoms with Gasteiger partial charge in [-0.3, -0.25) is 0 Å². The topological polar surface area (TPSA) is 45.2 Å². The maximum Gasteiger partial charge on any atom is 0.185 e. The van der Waals surface area contributed by atoms with E-state index in [2.05, 4.69) is 40.7 Å². The molecule has 0 unspecified atom stereocenters. The van der Waals surface area contributed by atoms with Crippen LogP contribution < -0.4 is 9.80 Å². The van der Waals surface area contributed by atoms with Crippen molar-refractivity contribution in [3.63, 3.8) is 0 Å². The molecule has 19 heavy (non-hydrogen) atoms. The smallest absolute Gasteiger partial charge is 0.185 e. The molecule has 0 aliphatic carbocycles. The van der Waals surface area contributed by atoms with Crippen molar-refractivity contribution < 1.29 is 0 Å². The first-order valence-corrected chi connectivity index (χ1v) is 7.80. The van der Waals surface area contributed by atoms with Crippen LogP contribution in [0.3, 0.4) is 0 Å². The van der Waals surface area contributed by atoms with E-state index < -0.39 is 0 Å². The van der Waals surface area contributed by atoms with Crippen molar-refractivity contribution in [2.24, 2.45) is 0 Å². The summed E-state index contributed by atoms with van der Waals surface area (Å²) in [6.45, 7) is 5.80. The minimum atomic E-state index is 0.798. The number of halogens is 1. The highest BCUT2D eigenvalue weighted by Gasteiger charge is 2.20. The number of hydrogen-bond donors (Lipinski definition) is 0. The quantitative estimate of drug-likeness (QED) is 0.785. The number of anilines is 2. The van der Waals surface area contributed by atoms with E-state index in [-0.39, 0.29) is 0 Å². The molecule has 3 rings (SSSR count). The SMILES string of the molecule is Cc1nc(Br)cc(N2CCN(c3nccs3)CC2)n1. The Labute approximate surface area is 124 Å². The predicted octanol–water partition coefficient (Wildman–Crippen LogP) is 2.33. The van der Waals surface area contributed by atoms with Gasteiger partial charge in [0.2, 0.25) is 0 Å². The molecule has 1 saturated heterocycles. The Kier molecular flexibility index (Phi) is 3.65. The first kappa shape index (κ1) is 12.8. The second-order valence-corrected chi connectivity index (χ2v) is 6.07. The van der Waals surface area contributed by atoms with E-state index in [1.807, 2.05) is 24.6 Å². The molecular formula is C12H14BrN5S. The van der Waals surface area contributed by atoms with E-state index in [1.54, 1.807) is 11.3 Å². The molecule has 1 aliphatic rings. The molecule has 0 bridgehead atoms. The second-order valence-electron chi connectivity index (χ2n) is 4.38. The summed E-state index contributed by atoms with van der Waals surface area (Å²) in [7, 11) is 0. The van der Waals surface area contributed by atoms with E-state index in [4.69, 9.17) is 0 Å². The average molecular weight is 340 g/mol. The summed E-state index contributed by atoms with van der Waals surface area (Å²) >= 11 is 5.12. The van der Waals surface area contributed by atoms with Gasteiger partial charge in [0.25, 0.3) is 0 Å². The number of aryl methyl sites for hydroxylation is 1. The molecule has 0 aromatic carbocycles. The molecule has 2 aromatic heterocycles. The minimum Gasteiger partial charge on any atom is -0.353 e. The molecule has 0 amide bonds. The maximum absolute atomic E-state index is 4.50. The number of rotatable bonds is 2. The third kappa shape index (κ3) is 2.87. The summed E-state index contributed by atoms with van der Waals surface area (Å²) in [5.74, 6) is 1.80. The van der Waals surface area contributed by atoms with Crippen molar-refractivity contribution in [2.75, 3.05) is 36.0 Å². The zero-order valence-electron chi connectivity index (χ0n) is 10.6. The molecule has 2 aromatic rings. The van der Waals surface area contributed by atoms with Crippen LogP contribution in [0.25, 0.3) is 0 Å². The van der Waals surface area contributed by atoms with Gasteiger partial charge in [0, 0.05) is 43.8 Å². The van der Waals surface area contributed by atoms with E-state index in [1.165, 1.54) is 0 Å². The highest BCUT2D eigenvalue weighted by Crippen LogP contribution is 2.22. The van der Waals surface area contributed by atoms with E-state index in [9.17, 15) is 0 Å². The van der Waals surface area contributed by atoms with Gasteiger partial charge in [-0.2, -0.15) is 0 Å². The van der Waals surface area contributed by atoms with E-state index in [0.29, 0.717) is 0 Å². The molecule has 0 N–H and O–H groups in total. The highest BCUT2D eigenvalue weighted by molar-refractivity contribution is 9.10. The van der Waals surface area contributed by atoms with Crippen molar-refractivity contribution in [1.82, 2.24) is 15.0 Å². The molecular weight excluding hydrogens is 326 g/mol. The number of piperazine rings is 1. The van der Waals surface area contributed by atoms with Crippen LogP contribution in [0, 0.1) is 6.92 Å². The Bertz CT molecular complexity index is 531. The van der Waals surface area contributed by atoms with Crippen LogP contribution in [0.4, 0.5) is 10.9 Å². The Hall–Kier alpha value is -1.21. The summed E-state index contributed by atoms with van der Waals surface area (Å²) in [5, 5.41) is 3.13. The molecule has 1 fully saturated rings. The van der Waals surface area contributed by atoms with Gasteiger partial charge >= 0.3 is 0 Å². The van der Waals surface area contributed by atoms with Crippen LogP contribution in [0.2, 0.25) is 0 Å². The van der Waals surface area contributed by atoms with Gasteiger partial charge in [0.1, 0.15) is 16.2 Å².